The van der Waals surface area contributed by atoms with Crippen LogP contribution in [-0.4, -0.2) is 49.5 Å². The van der Waals surface area contributed by atoms with E-state index in [0.717, 1.165) is 10.6 Å². The summed E-state index contributed by atoms with van der Waals surface area (Å²) in [4.78, 5) is 28.2. The van der Waals surface area contributed by atoms with E-state index < -0.39 is 34.1 Å². The van der Waals surface area contributed by atoms with E-state index in [1.807, 2.05) is 20.8 Å². The third-order valence-corrected chi connectivity index (χ3v) is 7.07. The molecule has 2 aromatic carbocycles. The van der Waals surface area contributed by atoms with E-state index in [1.54, 1.807) is 31.2 Å². The lowest BCUT2D eigenvalue weighted by molar-refractivity contribution is -0.141. The topological polar surface area (TPSA) is 86.8 Å². The molecule has 0 radical (unpaired) electrons. The first-order chi connectivity index (χ1) is 16.1. The summed E-state index contributed by atoms with van der Waals surface area (Å²) in [6, 6.07) is 10.4. The number of carbonyl (C=O) groups excluding carboxylic acids is 2. The molecule has 11 heteroatoms. The second-order valence-corrected chi connectivity index (χ2v) is 12.3. The predicted octanol–water partition coefficient (Wildman–Crippen LogP) is 5.13. The normalized spacial score (nSPS) is 12.7. The number of rotatable bonds is 9. The third-order valence-electron chi connectivity index (χ3n) is 5.04. The summed E-state index contributed by atoms with van der Waals surface area (Å²) in [5, 5.41) is 3.73. The molecule has 2 rings (SSSR count). The monoisotopic (exact) mass is 561 g/mol. The molecule has 0 aliphatic carbocycles. The largest absolute Gasteiger partial charge is 0.350 e. The van der Waals surface area contributed by atoms with Gasteiger partial charge in [-0.05, 0) is 57.0 Å². The Morgan fingerprint density at radius 1 is 1.03 bits per heavy atom. The van der Waals surface area contributed by atoms with Gasteiger partial charge in [-0.25, -0.2) is 8.42 Å². The summed E-state index contributed by atoms with van der Waals surface area (Å²) >= 11 is 18.6. The van der Waals surface area contributed by atoms with Crippen molar-refractivity contribution in [2.75, 3.05) is 17.1 Å². The van der Waals surface area contributed by atoms with E-state index in [-0.39, 0.29) is 23.2 Å². The van der Waals surface area contributed by atoms with Gasteiger partial charge in [0.1, 0.15) is 12.6 Å². The highest BCUT2D eigenvalue weighted by atomic mass is 35.5. The van der Waals surface area contributed by atoms with Gasteiger partial charge in [-0.3, -0.25) is 13.9 Å². The van der Waals surface area contributed by atoms with E-state index in [4.69, 9.17) is 34.8 Å². The Morgan fingerprint density at radius 3 is 2.17 bits per heavy atom. The van der Waals surface area contributed by atoms with Gasteiger partial charge >= 0.3 is 0 Å². The molecule has 7 nitrogen and oxygen atoms in total. The molecule has 0 bridgehead atoms. The molecule has 35 heavy (non-hydrogen) atoms. The number of nitrogens with one attached hydrogen (secondary N) is 1. The minimum atomic E-state index is -3.91. The average molecular weight is 563 g/mol. The van der Waals surface area contributed by atoms with E-state index >= 15 is 0 Å². The van der Waals surface area contributed by atoms with Crippen LogP contribution in [0, 0.1) is 0 Å². The van der Waals surface area contributed by atoms with Crippen LogP contribution < -0.4 is 9.62 Å². The van der Waals surface area contributed by atoms with Crippen LogP contribution in [0.4, 0.5) is 5.69 Å². The summed E-state index contributed by atoms with van der Waals surface area (Å²) < 4.78 is 26.2. The maximum Gasteiger partial charge on any atom is 0.244 e. The van der Waals surface area contributed by atoms with Crippen LogP contribution in [0.15, 0.2) is 42.5 Å². The van der Waals surface area contributed by atoms with E-state index in [0.29, 0.717) is 22.0 Å². The van der Waals surface area contributed by atoms with Gasteiger partial charge in [0.05, 0.1) is 17.0 Å². The Kier molecular flexibility index (Phi) is 9.87. The number of hydrogen-bond donors (Lipinski definition) is 1. The number of amides is 2. The SMILES string of the molecule is CC[C@@H](C(=O)NC(C)(C)C)N(Cc1ccccc1Cl)C(=O)CN(c1ccc(Cl)cc1Cl)S(C)(=O)=O. The van der Waals surface area contributed by atoms with Gasteiger partial charge in [-0.1, -0.05) is 59.9 Å². The minimum Gasteiger partial charge on any atom is -0.350 e. The van der Waals surface area contributed by atoms with Crippen molar-refractivity contribution in [1.29, 1.82) is 0 Å². The Hall–Kier alpha value is -2.00. The van der Waals surface area contributed by atoms with E-state index in [1.165, 1.54) is 23.1 Å². The van der Waals surface area contributed by atoms with Crippen molar-refractivity contribution in [3.8, 4) is 0 Å². The highest BCUT2D eigenvalue weighted by Gasteiger charge is 2.33. The molecular formula is C24H30Cl3N3O4S. The summed E-state index contributed by atoms with van der Waals surface area (Å²) in [7, 11) is -3.91. The highest BCUT2D eigenvalue weighted by Crippen LogP contribution is 2.31. The molecule has 0 saturated heterocycles. The van der Waals surface area contributed by atoms with Crippen LogP contribution in [0.2, 0.25) is 15.1 Å². The van der Waals surface area contributed by atoms with Gasteiger partial charge in [-0.15, -0.1) is 0 Å². The highest BCUT2D eigenvalue weighted by molar-refractivity contribution is 7.92. The smallest absolute Gasteiger partial charge is 0.244 e. The quantitative estimate of drug-likeness (QED) is 0.459. The lowest BCUT2D eigenvalue weighted by atomic mass is 10.1. The minimum absolute atomic E-state index is 0.0144. The molecule has 0 aliphatic rings. The average Bonchev–Trinajstić information content (AvgIpc) is 2.71. The van der Waals surface area contributed by atoms with Crippen molar-refractivity contribution in [3.05, 3.63) is 63.1 Å². The molecule has 0 aliphatic heterocycles. The van der Waals surface area contributed by atoms with Crippen molar-refractivity contribution in [1.82, 2.24) is 10.2 Å². The number of benzene rings is 2. The molecule has 0 spiro atoms. The van der Waals surface area contributed by atoms with Crippen LogP contribution in [0.5, 0.6) is 0 Å². The van der Waals surface area contributed by atoms with E-state index in [2.05, 4.69) is 5.32 Å². The summed E-state index contributed by atoms with van der Waals surface area (Å²) in [6.45, 7) is 6.75. The molecule has 192 valence electrons. The van der Waals surface area contributed by atoms with Gasteiger partial charge < -0.3 is 10.2 Å². The van der Waals surface area contributed by atoms with Gasteiger partial charge in [0, 0.05) is 22.1 Å². The van der Waals surface area contributed by atoms with Crippen LogP contribution >= 0.6 is 34.8 Å². The number of carbonyl (C=O) groups is 2. The number of sulfonamides is 1. The van der Waals surface area contributed by atoms with Crippen molar-refractivity contribution in [2.45, 2.75) is 52.2 Å². The molecular weight excluding hydrogens is 533 g/mol. The number of anilines is 1. The Balaban J connectivity index is 2.51. The maximum absolute atomic E-state index is 13.7. The maximum atomic E-state index is 13.7. The number of nitrogens with zero attached hydrogens (tertiary/aromatic N) is 2. The molecule has 1 N–H and O–H groups in total. The first-order valence-corrected chi connectivity index (χ1v) is 13.9. The second-order valence-electron chi connectivity index (χ2n) is 9.14. The molecule has 1 atom stereocenters. The Bertz CT molecular complexity index is 1180. The molecule has 2 amide bonds. The lowest BCUT2D eigenvalue weighted by Crippen LogP contribution is -2.55. The molecule has 2 aromatic rings. The first kappa shape index (κ1) is 29.2. The number of halogens is 3. The van der Waals surface area contributed by atoms with E-state index in [9.17, 15) is 18.0 Å². The van der Waals surface area contributed by atoms with Crippen LogP contribution in [0.1, 0.15) is 39.7 Å². The van der Waals surface area contributed by atoms with Gasteiger partial charge in [-0.2, -0.15) is 0 Å². The van der Waals surface area contributed by atoms with Gasteiger partial charge in [0.2, 0.25) is 21.8 Å². The summed E-state index contributed by atoms with van der Waals surface area (Å²) in [5.74, 6) is -0.937. The van der Waals surface area contributed by atoms with Gasteiger partial charge in [0.15, 0.2) is 0 Å². The molecule has 0 aromatic heterocycles. The van der Waals surface area contributed by atoms with Gasteiger partial charge in [0.25, 0.3) is 0 Å². The predicted molar refractivity (Wildman–Crippen MR) is 143 cm³/mol. The van der Waals surface area contributed by atoms with Crippen molar-refractivity contribution in [2.24, 2.45) is 0 Å². The Morgan fingerprint density at radius 2 is 1.66 bits per heavy atom. The van der Waals surface area contributed by atoms with Crippen molar-refractivity contribution >= 4 is 62.3 Å². The fourth-order valence-corrected chi connectivity index (χ4v) is 5.08. The molecule has 0 fully saturated rings. The second kappa shape index (κ2) is 11.8. The van der Waals surface area contributed by atoms with Crippen molar-refractivity contribution < 1.29 is 18.0 Å². The molecule has 0 heterocycles. The fraction of sp³-hybridized carbons (Fsp3) is 0.417. The molecule has 0 saturated carbocycles. The Labute approximate surface area is 222 Å². The van der Waals surface area contributed by atoms with Crippen LogP contribution in [-0.2, 0) is 26.2 Å². The zero-order valence-corrected chi connectivity index (χ0v) is 23.4. The standard InChI is InChI=1S/C24H30Cl3N3O4S/c1-6-20(23(32)28-24(2,3)4)29(14-16-9-7-8-10-18(16)26)22(31)15-30(35(5,33)34)21-12-11-17(25)13-19(21)27/h7-13,20H,6,14-15H2,1-5H3,(H,28,32)/t20-/m0/s1. The van der Waals surface area contributed by atoms with Crippen LogP contribution in [0.3, 0.4) is 0 Å². The summed E-state index contributed by atoms with van der Waals surface area (Å²) in [5.41, 5.74) is 0.205. The zero-order valence-electron chi connectivity index (χ0n) is 20.3. The lowest BCUT2D eigenvalue weighted by Gasteiger charge is -2.34. The van der Waals surface area contributed by atoms with Crippen molar-refractivity contribution in [3.63, 3.8) is 0 Å². The summed E-state index contributed by atoms with van der Waals surface area (Å²) in [6.07, 6.45) is 1.28. The fourth-order valence-electron chi connectivity index (χ4n) is 3.46. The zero-order chi connectivity index (χ0) is 26.6. The number of hydrogen-bond acceptors (Lipinski definition) is 4. The third kappa shape index (κ3) is 8.27. The first-order valence-electron chi connectivity index (χ1n) is 10.9. The molecule has 0 unspecified atom stereocenters. The van der Waals surface area contributed by atoms with Crippen LogP contribution in [0.25, 0.3) is 0 Å².